The van der Waals surface area contributed by atoms with Gasteiger partial charge in [0.25, 0.3) is 0 Å². The van der Waals surface area contributed by atoms with Gasteiger partial charge in [0.1, 0.15) is 6.54 Å². The summed E-state index contributed by atoms with van der Waals surface area (Å²) in [5.41, 5.74) is 0. The molecule has 4 heteroatoms. The molecule has 0 N–H and O–H groups in total. The summed E-state index contributed by atoms with van der Waals surface area (Å²) in [4.78, 5) is 10.6. The minimum absolute atomic E-state index is 0.177. The van der Waals surface area contributed by atoms with Crippen molar-refractivity contribution in [3.63, 3.8) is 0 Å². The fraction of sp³-hybridized carbons (Fsp3) is 0.875. The largest absolute Gasteiger partial charge is 0.455 e. The summed E-state index contributed by atoms with van der Waals surface area (Å²) in [6.07, 6.45) is -0.177. The van der Waals surface area contributed by atoms with Crippen molar-refractivity contribution in [3.8, 4) is 0 Å². The van der Waals surface area contributed by atoms with E-state index in [2.05, 4.69) is 0 Å². The first-order valence-corrected chi connectivity index (χ1v) is 4.42. The number of esters is 1. The number of alkyl halides is 1. The highest BCUT2D eigenvalue weighted by molar-refractivity contribution is 6.18. The number of hydrogen-bond acceptors (Lipinski definition) is 2. The summed E-state index contributed by atoms with van der Waals surface area (Å²) in [6, 6.07) is 0. The lowest BCUT2D eigenvalue weighted by molar-refractivity contribution is -0.873. The first-order chi connectivity index (χ1) is 5.35. The van der Waals surface area contributed by atoms with E-state index in [1.165, 1.54) is 6.92 Å². The van der Waals surface area contributed by atoms with E-state index in [4.69, 9.17) is 16.3 Å². The second-order valence-electron chi connectivity index (χ2n) is 3.86. The molecule has 0 saturated carbocycles. The highest BCUT2D eigenvalue weighted by Gasteiger charge is 2.19. The topological polar surface area (TPSA) is 26.3 Å². The van der Waals surface area contributed by atoms with Crippen LogP contribution in [0.15, 0.2) is 0 Å². The summed E-state index contributed by atoms with van der Waals surface area (Å²) in [7, 11) is 6.09. The molecule has 72 valence electrons. The Morgan fingerprint density at radius 3 is 2.25 bits per heavy atom. The van der Waals surface area contributed by atoms with Crippen molar-refractivity contribution < 1.29 is 14.0 Å². The predicted molar refractivity (Wildman–Crippen MR) is 49.2 cm³/mol. The first kappa shape index (κ1) is 11.7. The van der Waals surface area contributed by atoms with Crippen LogP contribution >= 0.6 is 11.6 Å². The maximum Gasteiger partial charge on any atom is 0.303 e. The average molecular weight is 195 g/mol. The number of quaternary nitrogens is 1. The van der Waals surface area contributed by atoms with Gasteiger partial charge in [-0.2, -0.15) is 0 Å². The van der Waals surface area contributed by atoms with Crippen molar-refractivity contribution in [1.29, 1.82) is 0 Å². The van der Waals surface area contributed by atoms with Gasteiger partial charge in [0.15, 0.2) is 6.10 Å². The predicted octanol–water partition coefficient (Wildman–Crippen LogP) is 0.863. The summed E-state index contributed by atoms with van der Waals surface area (Å²) >= 11 is 5.63. The van der Waals surface area contributed by atoms with E-state index in [0.717, 1.165) is 11.0 Å². The van der Waals surface area contributed by atoms with E-state index in [-0.39, 0.29) is 12.1 Å². The molecule has 1 atom stereocenters. The monoisotopic (exact) mass is 194 g/mol. The van der Waals surface area contributed by atoms with Crippen LogP contribution in [0.25, 0.3) is 0 Å². The van der Waals surface area contributed by atoms with Gasteiger partial charge in [0, 0.05) is 6.92 Å². The highest BCUT2D eigenvalue weighted by Crippen LogP contribution is 2.02. The Bertz CT molecular complexity index is 154. The molecule has 12 heavy (non-hydrogen) atoms. The van der Waals surface area contributed by atoms with Crippen LogP contribution in [0.1, 0.15) is 6.92 Å². The highest BCUT2D eigenvalue weighted by atomic mass is 35.5. The molecule has 0 aromatic heterocycles. The molecule has 0 aromatic rings. The lowest BCUT2D eigenvalue weighted by Gasteiger charge is -2.27. The van der Waals surface area contributed by atoms with Crippen molar-refractivity contribution in [1.82, 2.24) is 0 Å². The molecule has 0 amide bonds. The van der Waals surface area contributed by atoms with Gasteiger partial charge in [-0.1, -0.05) is 0 Å². The smallest absolute Gasteiger partial charge is 0.303 e. The molecule has 0 aliphatic rings. The zero-order chi connectivity index (χ0) is 9.78. The number of nitrogens with zero attached hydrogens (tertiary/aromatic N) is 1. The second kappa shape index (κ2) is 4.67. The minimum atomic E-state index is -0.269. The van der Waals surface area contributed by atoms with Gasteiger partial charge in [-0.15, -0.1) is 11.6 Å². The van der Waals surface area contributed by atoms with Gasteiger partial charge in [0.05, 0.1) is 27.0 Å². The van der Waals surface area contributed by atoms with Gasteiger partial charge < -0.3 is 9.22 Å². The maximum absolute atomic E-state index is 10.6. The summed E-state index contributed by atoms with van der Waals surface area (Å²) in [6.45, 7) is 2.14. The molecule has 0 aromatic carbocycles. The molecule has 0 bridgehead atoms. The summed E-state index contributed by atoms with van der Waals surface area (Å²) in [5, 5.41) is 0. The standard InChI is InChI=1S/C8H17ClNO2/c1-7(11)12-8(5-9)6-10(2,3)4/h8H,5-6H2,1-4H3/q+1. The Hall–Kier alpha value is -0.280. The van der Waals surface area contributed by atoms with E-state index < -0.39 is 0 Å². The zero-order valence-electron chi connectivity index (χ0n) is 8.13. The van der Waals surface area contributed by atoms with E-state index in [9.17, 15) is 4.79 Å². The molecule has 0 aliphatic heterocycles. The quantitative estimate of drug-likeness (QED) is 0.377. The third kappa shape index (κ3) is 6.43. The molecular formula is C8H17ClNO2+. The van der Waals surface area contributed by atoms with Crippen LogP contribution in [0.3, 0.4) is 0 Å². The third-order valence-corrected chi connectivity index (χ3v) is 1.60. The van der Waals surface area contributed by atoms with Crippen LogP contribution in [0.2, 0.25) is 0 Å². The Labute approximate surface area is 78.8 Å². The SMILES string of the molecule is CC(=O)OC(CCl)C[N+](C)(C)C. The van der Waals surface area contributed by atoms with Crippen LogP contribution in [0.5, 0.6) is 0 Å². The second-order valence-corrected chi connectivity index (χ2v) is 4.17. The van der Waals surface area contributed by atoms with Gasteiger partial charge in [-0.25, -0.2) is 0 Å². The van der Waals surface area contributed by atoms with Gasteiger partial charge in [0.2, 0.25) is 0 Å². The molecule has 0 radical (unpaired) electrons. The Balaban J connectivity index is 3.92. The number of carbonyl (C=O) groups excluding carboxylic acids is 1. The number of ether oxygens (including phenoxy) is 1. The van der Waals surface area contributed by atoms with Crippen LogP contribution in [0.4, 0.5) is 0 Å². The van der Waals surface area contributed by atoms with Crippen LogP contribution < -0.4 is 0 Å². The lowest BCUT2D eigenvalue weighted by Crippen LogP contribution is -2.43. The Morgan fingerprint density at radius 2 is 2.00 bits per heavy atom. The van der Waals surface area contributed by atoms with Crippen LogP contribution in [-0.4, -0.2) is 50.1 Å². The van der Waals surface area contributed by atoms with Crippen molar-refractivity contribution in [2.45, 2.75) is 13.0 Å². The van der Waals surface area contributed by atoms with Gasteiger partial charge in [-0.05, 0) is 0 Å². The lowest BCUT2D eigenvalue weighted by atomic mass is 10.3. The van der Waals surface area contributed by atoms with E-state index >= 15 is 0 Å². The molecule has 0 fully saturated rings. The molecule has 0 spiro atoms. The fourth-order valence-electron chi connectivity index (χ4n) is 0.963. The molecular weight excluding hydrogens is 178 g/mol. The van der Waals surface area contributed by atoms with Gasteiger partial charge >= 0.3 is 5.97 Å². The van der Waals surface area contributed by atoms with Crippen molar-refractivity contribution in [3.05, 3.63) is 0 Å². The van der Waals surface area contributed by atoms with E-state index in [0.29, 0.717) is 5.88 Å². The molecule has 0 rings (SSSR count). The fourth-order valence-corrected chi connectivity index (χ4v) is 1.12. The van der Waals surface area contributed by atoms with E-state index in [1.807, 2.05) is 21.1 Å². The number of rotatable bonds is 4. The number of halogens is 1. The van der Waals surface area contributed by atoms with Gasteiger partial charge in [-0.3, -0.25) is 4.79 Å². The molecule has 1 unspecified atom stereocenters. The van der Waals surface area contributed by atoms with Crippen molar-refractivity contribution in [2.24, 2.45) is 0 Å². The first-order valence-electron chi connectivity index (χ1n) is 3.89. The Morgan fingerprint density at radius 1 is 1.50 bits per heavy atom. The summed E-state index contributed by atoms with van der Waals surface area (Å²) < 4.78 is 5.73. The van der Waals surface area contributed by atoms with Crippen molar-refractivity contribution in [2.75, 3.05) is 33.6 Å². The molecule has 0 aliphatic carbocycles. The third-order valence-electron chi connectivity index (χ3n) is 1.26. The average Bonchev–Trinajstić information content (AvgIpc) is 1.82. The number of carbonyl (C=O) groups is 1. The van der Waals surface area contributed by atoms with Crippen LogP contribution in [-0.2, 0) is 9.53 Å². The Kier molecular flexibility index (Phi) is 4.57. The number of hydrogen-bond donors (Lipinski definition) is 0. The molecule has 0 saturated heterocycles. The van der Waals surface area contributed by atoms with Crippen LogP contribution in [0, 0.1) is 0 Å². The zero-order valence-corrected chi connectivity index (χ0v) is 8.89. The molecule has 3 nitrogen and oxygen atoms in total. The number of likely N-dealkylation sites (N-methyl/N-ethyl adjacent to an activating group) is 1. The summed E-state index contributed by atoms with van der Waals surface area (Å²) in [5.74, 6) is 0.0869. The van der Waals surface area contributed by atoms with Crippen molar-refractivity contribution >= 4 is 17.6 Å². The maximum atomic E-state index is 10.6. The normalized spacial score (nSPS) is 14.1. The minimum Gasteiger partial charge on any atom is -0.455 e. The molecule has 0 heterocycles. The van der Waals surface area contributed by atoms with E-state index in [1.54, 1.807) is 0 Å².